The van der Waals surface area contributed by atoms with Crippen molar-refractivity contribution in [1.82, 2.24) is 0 Å². The van der Waals surface area contributed by atoms with Crippen LogP contribution in [0.25, 0.3) is 0 Å². The van der Waals surface area contributed by atoms with Crippen molar-refractivity contribution in [2.75, 3.05) is 0 Å². The first kappa shape index (κ1) is 11.6. The van der Waals surface area contributed by atoms with Gasteiger partial charge in [0.05, 0.1) is 0 Å². The molecule has 0 heterocycles. The van der Waals surface area contributed by atoms with E-state index in [9.17, 15) is 0 Å². The van der Waals surface area contributed by atoms with Crippen LogP contribution in [0.4, 0.5) is 0 Å². The molecule has 0 N–H and O–H groups in total. The number of hydrogen-bond acceptors (Lipinski definition) is 0. The van der Waals surface area contributed by atoms with Gasteiger partial charge in [0.1, 0.15) is 0 Å². The molecular formula is C11H19P. The van der Waals surface area contributed by atoms with Crippen LogP contribution in [-0.4, -0.2) is 0 Å². The highest BCUT2D eigenvalue weighted by atomic mass is 31.0. The van der Waals surface area contributed by atoms with Crippen molar-refractivity contribution in [3.8, 4) is 0 Å². The third-order valence-electron chi connectivity index (χ3n) is 1.88. The molecule has 0 saturated heterocycles. The van der Waals surface area contributed by atoms with Gasteiger partial charge in [-0.1, -0.05) is 30.7 Å². The van der Waals surface area contributed by atoms with Crippen LogP contribution in [0, 0.1) is 0 Å². The van der Waals surface area contributed by atoms with Crippen molar-refractivity contribution in [1.29, 1.82) is 0 Å². The Morgan fingerprint density at radius 1 is 1.33 bits per heavy atom. The van der Waals surface area contributed by atoms with Gasteiger partial charge >= 0.3 is 0 Å². The molecule has 1 unspecified atom stereocenters. The van der Waals surface area contributed by atoms with E-state index in [-0.39, 0.29) is 0 Å². The normalized spacial score (nSPS) is 15.2. The van der Waals surface area contributed by atoms with E-state index in [1.807, 2.05) is 6.92 Å². The summed E-state index contributed by atoms with van der Waals surface area (Å²) in [6.07, 6.45) is 7.54. The van der Waals surface area contributed by atoms with Crippen molar-refractivity contribution in [3.63, 3.8) is 0 Å². The SMILES string of the molecule is C\C=C/C(P)=C(C)\C(C)=C\CC. The molecule has 1 atom stereocenters. The third kappa shape index (κ3) is 3.88. The van der Waals surface area contributed by atoms with Gasteiger partial charge in [0.25, 0.3) is 0 Å². The van der Waals surface area contributed by atoms with Gasteiger partial charge in [0.15, 0.2) is 0 Å². The summed E-state index contributed by atoms with van der Waals surface area (Å²) in [5.74, 6) is 0. The standard InChI is InChI=1S/C11H19P/c1-5-7-9(3)10(4)11(12)8-6-2/h6-8H,5,12H2,1-4H3/b8-6-,9-7+,11-10+. The molecule has 0 amide bonds. The zero-order chi connectivity index (χ0) is 9.56. The van der Waals surface area contributed by atoms with E-state index in [2.05, 4.69) is 48.2 Å². The molecule has 0 radical (unpaired) electrons. The first-order chi connectivity index (χ1) is 5.63. The van der Waals surface area contributed by atoms with Crippen LogP contribution in [0.2, 0.25) is 0 Å². The Hall–Kier alpha value is -0.350. The van der Waals surface area contributed by atoms with Crippen LogP contribution in [0.5, 0.6) is 0 Å². The van der Waals surface area contributed by atoms with Gasteiger partial charge in [0.2, 0.25) is 0 Å². The largest absolute Gasteiger partial charge is 0.105 e. The number of hydrogen-bond donors (Lipinski definition) is 0. The van der Waals surface area contributed by atoms with Gasteiger partial charge in [-0.05, 0) is 38.1 Å². The lowest BCUT2D eigenvalue weighted by Gasteiger charge is -2.03. The van der Waals surface area contributed by atoms with Crippen LogP contribution in [0.1, 0.15) is 34.1 Å². The molecule has 0 aromatic rings. The summed E-state index contributed by atoms with van der Waals surface area (Å²) < 4.78 is 0. The monoisotopic (exact) mass is 182 g/mol. The Morgan fingerprint density at radius 3 is 2.33 bits per heavy atom. The number of rotatable bonds is 3. The van der Waals surface area contributed by atoms with E-state index < -0.39 is 0 Å². The molecule has 0 aromatic heterocycles. The van der Waals surface area contributed by atoms with Crippen LogP contribution in [0.3, 0.4) is 0 Å². The predicted octanol–water partition coefficient (Wildman–Crippen LogP) is 4.07. The second-order valence-corrected chi connectivity index (χ2v) is 3.50. The second kappa shape index (κ2) is 6.20. The molecule has 0 nitrogen and oxygen atoms in total. The summed E-state index contributed by atoms with van der Waals surface area (Å²) in [6.45, 7) is 8.52. The summed E-state index contributed by atoms with van der Waals surface area (Å²) >= 11 is 0. The molecular weight excluding hydrogens is 163 g/mol. The van der Waals surface area contributed by atoms with E-state index in [1.165, 1.54) is 16.5 Å². The summed E-state index contributed by atoms with van der Waals surface area (Å²) in [4.78, 5) is 0. The Kier molecular flexibility index (Phi) is 6.02. The van der Waals surface area contributed by atoms with E-state index in [0.29, 0.717) is 0 Å². The second-order valence-electron chi connectivity index (χ2n) is 2.88. The van der Waals surface area contributed by atoms with Crippen LogP contribution >= 0.6 is 9.24 Å². The zero-order valence-electron chi connectivity index (χ0n) is 8.52. The molecule has 0 fully saturated rings. The minimum atomic E-state index is 1.11. The first-order valence-corrected chi connectivity index (χ1v) is 4.97. The van der Waals surface area contributed by atoms with Crippen molar-refractivity contribution in [2.45, 2.75) is 34.1 Å². The molecule has 0 bridgehead atoms. The van der Waals surface area contributed by atoms with Gasteiger partial charge in [-0.25, -0.2) is 0 Å². The highest BCUT2D eigenvalue weighted by Crippen LogP contribution is 2.20. The zero-order valence-corrected chi connectivity index (χ0v) is 9.67. The minimum Gasteiger partial charge on any atom is -0.105 e. The maximum atomic E-state index is 2.76. The van der Waals surface area contributed by atoms with Crippen molar-refractivity contribution in [3.05, 3.63) is 34.7 Å². The molecule has 1 heteroatoms. The predicted molar refractivity (Wildman–Crippen MR) is 61.3 cm³/mol. The molecule has 12 heavy (non-hydrogen) atoms. The van der Waals surface area contributed by atoms with Crippen molar-refractivity contribution >= 4 is 9.24 Å². The Balaban J connectivity index is 4.65. The molecule has 68 valence electrons. The van der Waals surface area contributed by atoms with Gasteiger partial charge in [-0.15, -0.1) is 9.24 Å². The third-order valence-corrected chi connectivity index (χ3v) is 2.51. The Morgan fingerprint density at radius 2 is 1.92 bits per heavy atom. The van der Waals surface area contributed by atoms with Crippen molar-refractivity contribution < 1.29 is 0 Å². The molecule has 0 aliphatic heterocycles. The van der Waals surface area contributed by atoms with Gasteiger partial charge in [-0.3, -0.25) is 0 Å². The molecule has 0 rings (SSSR count). The fourth-order valence-electron chi connectivity index (χ4n) is 0.992. The fourth-order valence-corrected chi connectivity index (χ4v) is 1.41. The average Bonchev–Trinajstić information content (AvgIpc) is 2.04. The molecule has 0 aliphatic rings. The smallest absolute Gasteiger partial charge is 0.0274 e. The van der Waals surface area contributed by atoms with Crippen LogP contribution in [-0.2, 0) is 0 Å². The highest BCUT2D eigenvalue weighted by molar-refractivity contribution is 7.23. The van der Waals surface area contributed by atoms with Crippen LogP contribution in [0.15, 0.2) is 34.7 Å². The molecule has 0 spiro atoms. The Labute approximate surface area is 78.6 Å². The summed E-state index contributed by atoms with van der Waals surface area (Å²) in [7, 11) is 2.76. The lowest BCUT2D eigenvalue weighted by Crippen LogP contribution is -1.81. The lowest BCUT2D eigenvalue weighted by molar-refractivity contribution is 1.17. The maximum absolute atomic E-state index is 2.76. The van der Waals surface area contributed by atoms with Gasteiger partial charge < -0.3 is 0 Å². The Bertz CT molecular complexity index is 219. The van der Waals surface area contributed by atoms with E-state index in [0.717, 1.165) is 6.42 Å². The molecule has 0 saturated carbocycles. The van der Waals surface area contributed by atoms with Gasteiger partial charge in [0, 0.05) is 0 Å². The quantitative estimate of drug-likeness (QED) is 0.456. The van der Waals surface area contributed by atoms with Crippen molar-refractivity contribution in [2.24, 2.45) is 0 Å². The molecule has 0 aliphatic carbocycles. The van der Waals surface area contributed by atoms with Crippen LogP contribution < -0.4 is 0 Å². The first-order valence-electron chi connectivity index (χ1n) is 4.39. The lowest BCUT2D eigenvalue weighted by atomic mass is 10.1. The average molecular weight is 182 g/mol. The topological polar surface area (TPSA) is 0 Å². The molecule has 0 aromatic carbocycles. The summed E-state index contributed by atoms with van der Waals surface area (Å²) in [5, 5.41) is 1.28. The summed E-state index contributed by atoms with van der Waals surface area (Å²) in [6, 6.07) is 0. The van der Waals surface area contributed by atoms with E-state index >= 15 is 0 Å². The minimum absolute atomic E-state index is 1.11. The highest BCUT2D eigenvalue weighted by Gasteiger charge is 1.94. The maximum Gasteiger partial charge on any atom is -0.0274 e. The van der Waals surface area contributed by atoms with E-state index in [4.69, 9.17) is 0 Å². The number of allylic oxidation sites excluding steroid dienone is 6. The van der Waals surface area contributed by atoms with E-state index in [1.54, 1.807) is 0 Å². The summed E-state index contributed by atoms with van der Waals surface area (Å²) in [5.41, 5.74) is 2.74. The van der Waals surface area contributed by atoms with Gasteiger partial charge in [-0.2, -0.15) is 0 Å². The fraction of sp³-hybridized carbons (Fsp3) is 0.455.